The molecule has 1 aromatic carbocycles. The number of nitrogens with one attached hydrogen (secondary N) is 2. The first-order chi connectivity index (χ1) is 17.4. The summed E-state index contributed by atoms with van der Waals surface area (Å²) in [5, 5.41) is 15.5. The number of amides is 3. The van der Waals surface area contributed by atoms with Gasteiger partial charge in [0.05, 0.1) is 6.10 Å². The summed E-state index contributed by atoms with van der Waals surface area (Å²) >= 11 is 0. The Balaban J connectivity index is 1.23. The third kappa shape index (κ3) is 6.63. The number of hydrogen-bond donors (Lipinski definition) is 3. The Kier molecular flexibility index (Phi) is 8.58. The van der Waals surface area contributed by atoms with E-state index in [-0.39, 0.29) is 36.8 Å². The maximum Gasteiger partial charge on any atom is 0.320 e. The molecule has 1 aromatic heterocycles. The zero-order valence-corrected chi connectivity index (χ0v) is 20.7. The third-order valence-electron chi connectivity index (χ3n) is 6.86. The minimum Gasteiger partial charge on any atom is -0.389 e. The predicted octanol–water partition coefficient (Wildman–Crippen LogP) is 2.25. The Morgan fingerprint density at radius 2 is 1.78 bits per heavy atom. The first-order valence-electron chi connectivity index (χ1n) is 12.6. The van der Waals surface area contributed by atoms with Crippen LogP contribution in [0.25, 0.3) is 0 Å². The van der Waals surface area contributed by atoms with Crippen LogP contribution < -0.4 is 15.5 Å². The number of likely N-dealkylation sites (tertiary alicyclic amines) is 1. The molecule has 3 heterocycles. The van der Waals surface area contributed by atoms with Gasteiger partial charge in [-0.25, -0.2) is 14.2 Å². The largest absolute Gasteiger partial charge is 0.389 e. The van der Waals surface area contributed by atoms with E-state index >= 15 is 0 Å². The minimum absolute atomic E-state index is 0.0620. The van der Waals surface area contributed by atoms with Gasteiger partial charge >= 0.3 is 6.03 Å². The van der Waals surface area contributed by atoms with E-state index < -0.39 is 6.10 Å². The Hall–Kier alpha value is -3.40. The number of anilines is 2. The molecule has 4 rings (SSSR count). The number of carbonyl (C=O) groups is 2. The van der Waals surface area contributed by atoms with Crippen LogP contribution in [-0.4, -0.2) is 90.3 Å². The van der Waals surface area contributed by atoms with Crippen LogP contribution in [-0.2, 0) is 4.79 Å². The quantitative estimate of drug-likeness (QED) is 0.542. The molecule has 2 saturated heterocycles. The fourth-order valence-electron chi connectivity index (χ4n) is 4.79. The number of pyridine rings is 1. The number of aromatic nitrogens is 1. The number of carbonyl (C=O) groups excluding carboxylic acids is 2. The monoisotopic (exact) mass is 498 g/mol. The average Bonchev–Trinajstić information content (AvgIpc) is 2.91. The van der Waals surface area contributed by atoms with Crippen LogP contribution in [0, 0.1) is 5.82 Å². The molecule has 2 aliphatic heterocycles. The van der Waals surface area contributed by atoms with E-state index in [4.69, 9.17) is 0 Å². The second kappa shape index (κ2) is 12.0. The lowest BCUT2D eigenvalue weighted by Crippen LogP contribution is -2.54. The summed E-state index contributed by atoms with van der Waals surface area (Å²) in [6.45, 7) is 5.80. The average molecular weight is 499 g/mol. The summed E-state index contributed by atoms with van der Waals surface area (Å²) in [5.41, 5.74) is 1.24. The molecule has 2 aliphatic rings. The normalized spacial score (nSPS) is 17.6. The van der Waals surface area contributed by atoms with Crippen molar-refractivity contribution in [1.82, 2.24) is 20.1 Å². The van der Waals surface area contributed by atoms with Gasteiger partial charge < -0.3 is 30.4 Å². The number of piperazine rings is 1. The van der Waals surface area contributed by atoms with E-state index in [0.29, 0.717) is 37.4 Å². The summed E-state index contributed by atoms with van der Waals surface area (Å²) in [5.74, 6) is 0.511. The van der Waals surface area contributed by atoms with Gasteiger partial charge in [0.1, 0.15) is 11.6 Å². The lowest BCUT2D eigenvalue weighted by molar-refractivity contribution is -0.119. The maximum atomic E-state index is 14.9. The lowest BCUT2D eigenvalue weighted by Gasteiger charge is -2.40. The first-order valence-corrected chi connectivity index (χ1v) is 12.6. The molecule has 2 fully saturated rings. The summed E-state index contributed by atoms with van der Waals surface area (Å²) in [7, 11) is 0. The van der Waals surface area contributed by atoms with E-state index in [1.54, 1.807) is 12.3 Å². The molecule has 0 aliphatic carbocycles. The fraction of sp³-hybridized carbons (Fsp3) is 0.500. The van der Waals surface area contributed by atoms with Crippen molar-refractivity contribution in [3.8, 4) is 0 Å². The molecular weight excluding hydrogens is 463 g/mol. The smallest absolute Gasteiger partial charge is 0.320 e. The predicted molar refractivity (Wildman–Crippen MR) is 137 cm³/mol. The van der Waals surface area contributed by atoms with Crippen LogP contribution in [0.15, 0.2) is 42.6 Å². The molecule has 9 nitrogen and oxygen atoms in total. The van der Waals surface area contributed by atoms with Crippen molar-refractivity contribution in [2.45, 2.75) is 31.8 Å². The zero-order valence-electron chi connectivity index (χ0n) is 20.7. The topological polar surface area (TPSA) is 101 Å². The molecule has 36 heavy (non-hydrogen) atoms. The Morgan fingerprint density at radius 1 is 1.06 bits per heavy atom. The summed E-state index contributed by atoms with van der Waals surface area (Å²) < 4.78 is 14.9. The molecular formula is C26H35FN6O3. The van der Waals surface area contributed by atoms with Crippen LogP contribution in [0.4, 0.5) is 20.7 Å². The number of nitrogens with zero attached hydrogens (tertiary/aromatic N) is 4. The highest BCUT2D eigenvalue weighted by molar-refractivity contribution is 5.75. The highest BCUT2D eigenvalue weighted by Gasteiger charge is 2.30. The molecule has 194 valence electrons. The van der Waals surface area contributed by atoms with Crippen LogP contribution in [0.1, 0.15) is 31.2 Å². The van der Waals surface area contributed by atoms with Crippen LogP contribution in [0.3, 0.4) is 0 Å². The summed E-state index contributed by atoms with van der Waals surface area (Å²) in [6.07, 6.45) is 2.46. The van der Waals surface area contributed by atoms with Crippen LogP contribution >= 0.6 is 0 Å². The molecule has 2 aromatic rings. The Morgan fingerprint density at radius 3 is 2.42 bits per heavy atom. The molecule has 3 amide bonds. The van der Waals surface area contributed by atoms with Gasteiger partial charge in [-0.15, -0.1) is 0 Å². The van der Waals surface area contributed by atoms with Crippen LogP contribution in [0.2, 0.25) is 0 Å². The van der Waals surface area contributed by atoms with Gasteiger partial charge in [0.25, 0.3) is 0 Å². The molecule has 1 atom stereocenters. The van der Waals surface area contributed by atoms with Crippen molar-refractivity contribution in [1.29, 1.82) is 0 Å². The lowest BCUT2D eigenvalue weighted by atomic mass is 9.89. The van der Waals surface area contributed by atoms with E-state index in [0.717, 1.165) is 31.7 Å². The van der Waals surface area contributed by atoms with Crippen molar-refractivity contribution < 1.29 is 19.1 Å². The van der Waals surface area contributed by atoms with Crippen molar-refractivity contribution in [3.05, 3.63) is 54.0 Å². The number of rotatable bonds is 7. The number of aliphatic hydroxyl groups excluding tert-OH is 1. The Labute approximate surface area is 211 Å². The number of benzene rings is 1. The molecule has 3 N–H and O–H groups in total. The van der Waals surface area contributed by atoms with Gasteiger partial charge in [0.2, 0.25) is 5.91 Å². The van der Waals surface area contributed by atoms with Crippen molar-refractivity contribution >= 4 is 23.4 Å². The van der Waals surface area contributed by atoms with E-state index in [1.807, 2.05) is 34.1 Å². The highest BCUT2D eigenvalue weighted by atomic mass is 19.1. The molecule has 0 unspecified atom stereocenters. The van der Waals surface area contributed by atoms with Crippen molar-refractivity contribution in [2.24, 2.45) is 0 Å². The third-order valence-corrected chi connectivity index (χ3v) is 6.86. The number of urea groups is 1. The maximum absolute atomic E-state index is 14.9. The van der Waals surface area contributed by atoms with Crippen LogP contribution in [0.5, 0.6) is 0 Å². The first kappa shape index (κ1) is 25.7. The molecule has 0 bridgehead atoms. The summed E-state index contributed by atoms with van der Waals surface area (Å²) in [4.78, 5) is 34.4. The van der Waals surface area contributed by atoms with Gasteiger partial charge in [0.15, 0.2) is 0 Å². The van der Waals surface area contributed by atoms with Gasteiger partial charge in [-0.1, -0.05) is 12.1 Å². The van der Waals surface area contributed by atoms with Crippen molar-refractivity contribution in [2.75, 3.05) is 62.6 Å². The number of piperidine rings is 1. The molecule has 0 saturated carbocycles. The second-order valence-electron chi connectivity index (χ2n) is 9.41. The van der Waals surface area contributed by atoms with Gasteiger partial charge in [0, 0.05) is 71.2 Å². The van der Waals surface area contributed by atoms with Gasteiger partial charge in [-0.05, 0) is 48.6 Å². The second-order valence-corrected chi connectivity index (χ2v) is 9.41. The zero-order chi connectivity index (χ0) is 25.5. The Bertz CT molecular complexity index is 1020. The van der Waals surface area contributed by atoms with E-state index in [1.165, 1.54) is 13.0 Å². The van der Waals surface area contributed by atoms with Gasteiger partial charge in [-0.3, -0.25) is 4.79 Å². The van der Waals surface area contributed by atoms with Gasteiger partial charge in [-0.2, -0.15) is 0 Å². The number of hydrogen-bond acceptors (Lipinski definition) is 6. The minimum atomic E-state index is -0.767. The van der Waals surface area contributed by atoms with E-state index in [2.05, 4.69) is 20.5 Å². The molecule has 0 radical (unpaired) electrons. The SMILES string of the molecule is CC(=O)NC[C@H](O)CNc1ccc(C2CCN(C(=O)N3CCN(c4ccccn4)CC3)CC2)c(F)c1. The van der Waals surface area contributed by atoms with Crippen molar-refractivity contribution in [3.63, 3.8) is 0 Å². The highest BCUT2D eigenvalue weighted by Crippen LogP contribution is 2.31. The summed E-state index contributed by atoms with van der Waals surface area (Å²) in [6, 6.07) is 11.0. The number of halogens is 1. The van der Waals surface area contributed by atoms with E-state index in [9.17, 15) is 19.1 Å². The molecule has 0 spiro atoms. The fourth-order valence-corrected chi connectivity index (χ4v) is 4.79. The molecule has 10 heteroatoms. The standard InChI is InChI=1S/C26H35FN6O3/c1-19(34)29-17-22(35)18-30-21-5-6-23(24(27)16-21)20-7-10-32(11-8-20)26(36)33-14-12-31(13-15-33)25-4-2-3-9-28-25/h2-6,9,16,20,22,30,35H,7-8,10-15,17-18H2,1H3,(H,29,34)/t22-/m0/s1. The number of aliphatic hydroxyl groups is 1.